The van der Waals surface area contributed by atoms with E-state index in [1.807, 2.05) is 6.07 Å². The molecule has 1 N–H and O–H groups in total. The summed E-state index contributed by atoms with van der Waals surface area (Å²) < 4.78 is 14.7. The number of piperazine rings is 1. The van der Waals surface area contributed by atoms with E-state index in [0.717, 1.165) is 0 Å². The molecule has 0 saturated carbocycles. The zero-order chi connectivity index (χ0) is 11.4. The first kappa shape index (κ1) is 11.2. The molecule has 1 saturated heterocycles. The Balaban J connectivity index is 2.27. The van der Waals surface area contributed by atoms with Crippen molar-refractivity contribution in [3.63, 3.8) is 0 Å². The van der Waals surface area contributed by atoms with Gasteiger partial charge in [0, 0.05) is 31.7 Å². The number of benzene rings is 1. The minimum atomic E-state index is -1.98. The van der Waals surface area contributed by atoms with Crippen molar-refractivity contribution in [3.8, 4) is 0 Å². The van der Waals surface area contributed by atoms with Crippen molar-refractivity contribution in [2.24, 2.45) is 0 Å². The predicted molar refractivity (Wildman–Crippen MR) is 59.7 cm³/mol. The highest BCUT2D eigenvalue weighted by Gasteiger charge is 2.38. The van der Waals surface area contributed by atoms with Crippen LogP contribution in [0.1, 0.15) is 5.56 Å². The highest BCUT2D eigenvalue weighted by atomic mass is 19.1. The van der Waals surface area contributed by atoms with Gasteiger partial charge in [-0.15, -0.1) is 0 Å². The molecule has 3 nitrogen and oxygen atoms in total. The Morgan fingerprint density at radius 1 is 1.25 bits per heavy atom. The topological polar surface area (TPSA) is 32.3 Å². The van der Waals surface area contributed by atoms with E-state index in [1.54, 1.807) is 29.2 Å². The third-order valence-corrected chi connectivity index (χ3v) is 2.91. The highest BCUT2D eigenvalue weighted by molar-refractivity contribution is 5.65. The predicted octanol–water partition coefficient (Wildman–Crippen LogP) is 0.913. The van der Waals surface area contributed by atoms with Gasteiger partial charge in [0.1, 0.15) is 0 Å². The molecule has 1 aromatic rings. The summed E-state index contributed by atoms with van der Waals surface area (Å²) in [5, 5.41) is 3.14. The van der Waals surface area contributed by atoms with Gasteiger partial charge in [-0.05, 0) is 0 Å². The zero-order valence-electron chi connectivity index (χ0n) is 9.03. The molecule has 16 heavy (non-hydrogen) atoms. The lowest BCUT2D eigenvalue weighted by Gasteiger charge is -2.36. The maximum absolute atomic E-state index is 14.7. The van der Waals surface area contributed by atoms with E-state index >= 15 is 0 Å². The minimum Gasteiger partial charge on any atom is -0.314 e. The Morgan fingerprint density at radius 2 is 1.88 bits per heavy atom. The Labute approximate surface area is 94.3 Å². The smallest absolute Gasteiger partial charge is 0.245 e. The summed E-state index contributed by atoms with van der Waals surface area (Å²) in [6.07, 6.45) is 0.396. The number of hydrogen-bond acceptors (Lipinski definition) is 3. The molecule has 0 radical (unpaired) electrons. The molecule has 2 rings (SSSR count). The highest BCUT2D eigenvalue weighted by Crippen LogP contribution is 2.28. The molecule has 1 heterocycles. The normalized spacial score (nSPS) is 21.3. The largest absolute Gasteiger partial charge is 0.314 e. The van der Waals surface area contributed by atoms with Gasteiger partial charge in [-0.2, -0.15) is 0 Å². The molecule has 0 aliphatic carbocycles. The fourth-order valence-corrected chi connectivity index (χ4v) is 1.99. The molecule has 1 aliphatic rings. The van der Waals surface area contributed by atoms with E-state index < -0.39 is 5.79 Å². The minimum absolute atomic E-state index is 0.396. The molecule has 1 unspecified atom stereocenters. The number of rotatable bonds is 3. The van der Waals surface area contributed by atoms with Crippen LogP contribution in [-0.4, -0.2) is 37.4 Å². The number of hydrogen-bond donors (Lipinski definition) is 1. The van der Waals surface area contributed by atoms with Gasteiger partial charge >= 0.3 is 0 Å². The Morgan fingerprint density at radius 3 is 2.44 bits per heavy atom. The fourth-order valence-electron chi connectivity index (χ4n) is 1.99. The van der Waals surface area contributed by atoms with Crippen molar-refractivity contribution in [1.29, 1.82) is 0 Å². The summed E-state index contributed by atoms with van der Waals surface area (Å²) in [6.45, 7) is 2.52. The summed E-state index contributed by atoms with van der Waals surface area (Å²) in [4.78, 5) is 12.7. The second-order valence-corrected chi connectivity index (χ2v) is 3.89. The standard InChI is InChI=1S/C12H15FN2O/c13-12(10-16,11-4-2-1-3-5-11)15-8-6-14-7-9-15/h1-5,10,14H,6-9H2. The average molecular weight is 222 g/mol. The Kier molecular flexibility index (Phi) is 3.31. The number of carbonyl (C=O) groups is 1. The van der Waals surface area contributed by atoms with E-state index in [9.17, 15) is 9.18 Å². The van der Waals surface area contributed by atoms with Crippen LogP contribution in [0.4, 0.5) is 4.39 Å². The van der Waals surface area contributed by atoms with Gasteiger partial charge in [0.2, 0.25) is 5.79 Å². The first-order valence-corrected chi connectivity index (χ1v) is 5.44. The lowest BCUT2D eigenvalue weighted by atomic mass is 10.0. The maximum atomic E-state index is 14.7. The summed E-state index contributed by atoms with van der Waals surface area (Å²) in [5.41, 5.74) is 0.409. The molecular weight excluding hydrogens is 207 g/mol. The molecule has 0 amide bonds. The number of nitrogens with zero attached hydrogens (tertiary/aromatic N) is 1. The van der Waals surface area contributed by atoms with Gasteiger partial charge in [-0.25, -0.2) is 4.39 Å². The summed E-state index contributed by atoms with van der Waals surface area (Å²) in [7, 11) is 0. The van der Waals surface area contributed by atoms with Crippen molar-refractivity contribution in [2.45, 2.75) is 5.79 Å². The third kappa shape index (κ3) is 1.99. The van der Waals surface area contributed by atoms with Crippen molar-refractivity contribution in [2.75, 3.05) is 26.2 Å². The summed E-state index contributed by atoms with van der Waals surface area (Å²) in [6, 6.07) is 8.60. The molecular formula is C12H15FN2O. The van der Waals surface area contributed by atoms with Gasteiger partial charge in [0.05, 0.1) is 0 Å². The second-order valence-electron chi connectivity index (χ2n) is 3.89. The molecule has 1 aliphatic heterocycles. The van der Waals surface area contributed by atoms with E-state index in [1.165, 1.54) is 0 Å². The second kappa shape index (κ2) is 4.72. The van der Waals surface area contributed by atoms with Crippen LogP contribution in [0.25, 0.3) is 0 Å². The zero-order valence-corrected chi connectivity index (χ0v) is 9.03. The number of aldehydes is 1. The van der Waals surface area contributed by atoms with Gasteiger partial charge in [0.15, 0.2) is 6.29 Å². The van der Waals surface area contributed by atoms with Crippen LogP contribution in [0.5, 0.6) is 0 Å². The number of nitrogens with one attached hydrogen (secondary N) is 1. The van der Waals surface area contributed by atoms with Crippen molar-refractivity contribution in [1.82, 2.24) is 10.2 Å². The number of carbonyl (C=O) groups excluding carboxylic acids is 1. The van der Waals surface area contributed by atoms with Crippen molar-refractivity contribution < 1.29 is 9.18 Å². The maximum Gasteiger partial charge on any atom is 0.245 e. The molecule has 4 heteroatoms. The first-order valence-electron chi connectivity index (χ1n) is 5.44. The molecule has 1 aromatic carbocycles. The van der Waals surface area contributed by atoms with Gasteiger partial charge in [0.25, 0.3) is 0 Å². The lowest BCUT2D eigenvalue weighted by Crippen LogP contribution is -2.53. The summed E-state index contributed by atoms with van der Waals surface area (Å²) >= 11 is 0. The fraction of sp³-hybridized carbons (Fsp3) is 0.417. The molecule has 0 bridgehead atoms. The average Bonchev–Trinajstić information content (AvgIpc) is 2.40. The van der Waals surface area contributed by atoms with E-state index in [4.69, 9.17) is 0 Å². The summed E-state index contributed by atoms with van der Waals surface area (Å²) in [5.74, 6) is -1.98. The van der Waals surface area contributed by atoms with Crippen molar-refractivity contribution >= 4 is 6.29 Å². The van der Waals surface area contributed by atoms with E-state index in [2.05, 4.69) is 5.32 Å². The van der Waals surface area contributed by atoms with Crippen LogP contribution < -0.4 is 5.32 Å². The van der Waals surface area contributed by atoms with Crippen LogP contribution in [0.3, 0.4) is 0 Å². The van der Waals surface area contributed by atoms with Crippen molar-refractivity contribution in [3.05, 3.63) is 35.9 Å². The molecule has 0 spiro atoms. The van der Waals surface area contributed by atoms with Gasteiger partial charge in [-0.1, -0.05) is 30.3 Å². The third-order valence-electron chi connectivity index (χ3n) is 2.91. The monoisotopic (exact) mass is 222 g/mol. The van der Waals surface area contributed by atoms with E-state index in [0.29, 0.717) is 38.0 Å². The quantitative estimate of drug-likeness (QED) is 0.609. The lowest BCUT2D eigenvalue weighted by molar-refractivity contribution is -0.133. The van der Waals surface area contributed by atoms with Crippen LogP contribution in [0, 0.1) is 0 Å². The van der Waals surface area contributed by atoms with Crippen LogP contribution in [0.2, 0.25) is 0 Å². The SMILES string of the molecule is O=CC(F)(c1ccccc1)N1CCNCC1. The van der Waals surface area contributed by atoms with Crippen LogP contribution in [-0.2, 0) is 10.6 Å². The number of alkyl halides is 1. The molecule has 1 atom stereocenters. The number of halogens is 1. The van der Waals surface area contributed by atoms with Crippen LogP contribution >= 0.6 is 0 Å². The Hall–Kier alpha value is -1.26. The Bertz CT molecular complexity index is 351. The van der Waals surface area contributed by atoms with Crippen LogP contribution in [0.15, 0.2) is 30.3 Å². The van der Waals surface area contributed by atoms with E-state index in [-0.39, 0.29) is 0 Å². The van der Waals surface area contributed by atoms with Gasteiger partial charge in [-0.3, -0.25) is 9.69 Å². The van der Waals surface area contributed by atoms with Gasteiger partial charge < -0.3 is 5.32 Å². The molecule has 1 fully saturated rings. The molecule has 0 aromatic heterocycles. The first-order chi connectivity index (χ1) is 7.77. The molecule has 86 valence electrons.